The molecule has 0 spiro atoms. The van der Waals surface area contributed by atoms with Crippen molar-refractivity contribution in [3.05, 3.63) is 114 Å². The number of likely N-dealkylation sites (tertiary alicyclic amines) is 1. The third-order valence-electron chi connectivity index (χ3n) is 5.20. The summed E-state index contributed by atoms with van der Waals surface area (Å²) >= 11 is 0. The normalized spacial score (nSPS) is 17.4. The molecule has 1 saturated heterocycles. The lowest BCUT2D eigenvalue weighted by Gasteiger charge is -2.25. The van der Waals surface area contributed by atoms with Crippen LogP contribution in [0.15, 0.2) is 97.4 Å². The SMILES string of the molecule is C=CCOc1cccc([C@@H]2C(=C(O)c3ccccc3)C(=O)C(=O)N2Cc2cccnc2)c1. The number of ether oxygens (including phenoxy) is 1. The number of benzene rings is 2. The lowest BCUT2D eigenvalue weighted by molar-refractivity contribution is -0.140. The molecule has 6 nitrogen and oxygen atoms in total. The topological polar surface area (TPSA) is 79.7 Å². The molecule has 1 atom stereocenters. The lowest BCUT2D eigenvalue weighted by Crippen LogP contribution is -2.29. The van der Waals surface area contributed by atoms with E-state index in [1.165, 1.54) is 4.90 Å². The minimum Gasteiger partial charge on any atom is -0.507 e. The van der Waals surface area contributed by atoms with Crippen molar-refractivity contribution >= 4 is 17.4 Å². The van der Waals surface area contributed by atoms with Gasteiger partial charge >= 0.3 is 0 Å². The predicted octanol–water partition coefficient (Wildman–Crippen LogP) is 4.27. The average molecular weight is 426 g/mol. The van der Waals surface area contributed by atoms with E-state index in [-0.39, 0.29) is 17.9 Å². The van der Waals surface area contributed by atoms with Crippen LogP contribution in [0.3, 0.4) is 0 Å². The van der Waals surface area contributed by atoms with E-state index in [0.717, 1.165) is 5.56 Å². The summed E-state index contributed by atoms with van der Waals surface area (Å²) in [5.41, 5.74) is 1.95. The first kappa shape index (κ1) is 21.1. The molecule has 0 unspecified atom stereocenters. The van der Waals surface area contributed by atoms with Crippen LogP contribution in [0.5, 0.6) is 5.75 Å². The number of ketones is 1. The van der Waals surface area contributed by atoms with Crippen LogP contribution in [-0.2, 0) is 16.1 Å². The Labute approximate surface area is 186 Å². The van der Waals surface area contributed by atoms with Gasteiger partial charge in [0.15, 0.2) is 0 Å². The van der Waals surface area contributed by atoms with Gasteiger partial charge in [-0.05, 0) is 29.3 Å². The fourth-order valence-electron chi connectivity index (χ4n) is 3.76. The average Bonchev–Trinajstić information content (AvgIpc) is 3.08. The Bertz CT molecular complexity index is 1170. The zero-order valence-electron chi connectivity index (χ0n) is 17.3. The lowest BCUT2D eigenvalue weighted by atomic mass is 9.95. The molecule has 1 aliphatic heterocycles. The second kappa shape index (κ2) is 9.31. The summed E-state index contributed by atoms with van der Waals surface area (Å²) < 4.78 is 5.65. The van der Waals surface area contributed by atoms with Gasteiger partial charge in [0, 0.05) is 24.5 Å². The van der Waals surface area contributed by atoms with Crippen LogP contribution < -0.4 is 4.74 Å². The number of nitrogens with zero attached hydrogens (tertiary/aromatic N) is 2. The van der Waals surface area contributed by atoms with Crippen LogP contribution in [0.1, 0.15) is 22.7 Å². The largest absolute Gasteiger partial charge is 0.507 e. The van der Waals surface area contributed by atoms with Crippen molar-refractivity contribution in [1.29, 1.82) is 0 Å². The van der Waals surface area contributed by atoms with Gasteiger partial charge in [0.25, 0.3) is 11.7 Å². The quantitative estimate of drug-likeness (QED) is 0.264. The summed E-state index contributed by atoms with van der Waals surface area (Å²) in [6.45, 7) is 4.15. The van der Waals surface area contributed by atoms with E-state index in [4.69, 9.17) is 4.74 Å². The number of aromatic nitrogens is 1. The Morgan fingerprint density at radius 3 is 2.62 bits per heavy atom. The number of aliphatic hydroxyl groups excluding tert-OH is 1. The summed E-state index contributed by atoms with van der Waals surface area (Å²) in [5, 5.41) is 11.1. The van der Waals surface area contributed by atoms with Gasteiger partial charge in [0.2, 0.25) is 0 Å². The standard InChI is InChI=1S/C26H22N2O4/c1-2-14-32-21-12-6-11-20(15-21)23-22(24(29)19-9-4-3-5-10-19)25(30)26(31)28(23)17-18-8-7-13-27-16-18/h2-13,15-16,23,29H,1,14,17H2/t23-/m1/s1. The Hall–Kier alpha value is -4.19. The molecule has 6 heteroatoms. The second-order valence-corrected chi connectivity index (χ2v) is 7.33. The zero-order valence-corrected chi connectivity index (χ0v) is 17.3. The van der Waals surface area contributed by atoms with Crippen molar-refractivity contribution in [1.82, 2.24) is 9.88 Å². The smallest absolute Gasteiger partial charge is 0.295 e. The Balaban J connectivity index is 1.84. The van der Waals surface area contributed by atoms with Gasteiger partial charge in [-0.3, -0.25) is 14.6 Å². The first-order chi connectivity index (χ1) is 15.6. The van der Waals surface area contributed by atoms with Crippen molar-refractivity contribution < 1.29 is 19.4 Å². The molecule has 1 N–H and O–H groups in total. The number of carbonyl (C=O) groups is 2. The van der Waals surface area contributed by atoms with Crippen LogP contribution in [-0.4, -0.2) is 33.3 Å². The third-order valence-corrected chi connectivity index (χ3v) is 5.20. The van der Waals surface area contributed by atoms with Crippen molar-refractivity contribution in [2.45, 2.75) is 12.6 Å². The summed E-state index contributed by atoms with van der Waals surface area (Å²) in [7, 11) is 0. The molecule has 2 heterocycles. The molecule has 0 bridgehead atoms. The first-order valence-electron chi connectivity index (χ1n) is 10.2. The number of aliphatic hydroxyl groups is 1. The number of amides is 1. The molecule has 160 valence electrons. The summed E-state index contributed by atoms with van der Waals surface area (Å²) in [4.78, 5) is 31.7. The Kier molecular flexibility index (Phi) is 6.12. The predicted molar refractivity (Wildman–Crippen MR) is 121 cm³/mol. The molecule has 1 amide bonds. The van der Waals surface area contributed by atoms with E-state index in [2.05, 4.69) is 11.6 Å². The van der Waals surface area contributed by atoms with Gasteiger partial charge in [-0.15, -0.1) is 0 Å². The molecule has 2 aromatic carbocycles. The molecule has 32 heavy (non-hydrogen) atoms. The van der Waals surface area contributed by atoms with Crippen LogP contribution >= 0.6 is 0 Å². The molecular formula is C26H22N2O4. The maximum atomic E-state index is 13.1. The second-order valence-electron chi connectivity index (χ2n) is 7.33. The highest BCUT2D eigenvalue weighted by atomic mass is 16.5. The van der Waals surface area contributed by atoms with Crippen LogP contribution in [0.2, 0.25) is 0 Å². The molecule has 3 aromatic rings. The van der Waals surface area contributed by atoms with Gasteiger partial charge in [-0.25, -0.2) is 0 Å². The minimum absolute atomic E-state index is 0.0472. The van der Waals surface area contributed by atoms with Crippen molar-refractivity contribution in [3.63, 3.8) is 0 Å². The van der Waals surface area contributed by atoms with Gasteiger partial charge in [-0.1, -0.05) is 61.2 Å². The Morgan fingerprint density at radius 1 is 1.09 bits per heavy atom. The van der Waals surface area contributed by atoms with Gasteiger partial charge in [0.1, 0.15) is 18.1 Å². The monoisotopic (exact) mass is 426 g/mol. The molecule has 0 saturated carbocycles. The number of pyridine rings is 1. The number of Topliss-reactive ketones (excluding diaryl/α,β-unsaturated/α-hetero) is 1. The van der Waals surface area contributed by atoms with Crippen LogP contribution in [0.25, 0.3) is 5.76 Å². The summed E-state index contributed by atoms with van der Waals surface area (Å²) in [6, 6.07) is 18.7. The van der Waals surface area contributed by atoms with Crippen molar-refractivity contribution in [2.24, 2.45) is 0 Å². The minimum atomic E-state index is -0.775. The first-order valence-corrected chi connectivity index (χ1v) is 10.2. The van der Waals surface area contributed by atoms with Gasteiger partial charge < -0.3 is 14.7 Å². The third kappa shape index (κ3) is 4.16. The molecule has 1 fully saturated rings. The molecule has 1 aromatic heterocycles. The van der Waals surface area contributed by atoms with E-state index in [1.807, 2.05) is 18.2 Å². The van der Waals surface area contributed by atoms with Gasteiger partial charge in [-0.2, -0.15) is 0 Å². The fourth-order valence-corrected chi connectivity index (χ4v) is 3.76. The summed E-state index contributed by atoms with van der Waals surface area (Å²) in [6.07, 6.45) is 4.93. The van der Waals surface area contributed by atoms with Crippen LogP contribution in [0, 0.1) is 0 Å². The van der Waals surface area contributed by atoms with E-state index < -0.39 is 17.7 Å². The highest BCUT2D eigenvalue weighted by Crippen LogP contribution is 2.41. The maximum absolute atomic E-state index is 13.1. The zero-order chi connectivity index (χ0) is 22.5. The van der Waals surface area contributed by atoms with Crippen molar-refractivity contribution in [3.8, 4) is 5.75 Å². The number of carbonyl (C=O) groups excluding carboxylic acids is 2. The number of rotatable bonds is 7. The molecular weight excluding hydrogens is 404 g/mol. The summed E-state index contributed by atoms with van der Waals surface area (Å²) in [5.74, 6) is -1.03. The molecule has 0 radical (unpaired) electrons. The number of hydrogen-bond donors (Lipinski definition) is 1. The van der Waals surface area contributed by atoms with Crippen LogP contribution in [0.4, 0.5) is 0 Å². The van der Waals surface area contributed by atoms with E-state index in [1.54, 1.807) is 67.0 Å². The van der Waals surface area contributed by atoms with E-state index >= 15 is 0 Å². The molecule has 0 aliphatic carbocycles. The maximum Gasteiger partial charge on any atom is 0.295 e. The Morgan fingerprint density at radius 2 is 1.91 bits per heavy atom. The molecule has 4 rings (SSSR count). The highest BCUT2D eigenvalue weighted by molar-refractivity contribution is 6.46. The van der Waals surface area contributed by atoms with E-state index in [0.29, 0.717) is 23.5 Å². The highest BCUT2D eigenvalue weighted by Gasteiger charge is 2.46. The number of hydrogen-bond acceptors (Lipinski definition) is 5. The van der Waals surface area contributed by atoms with Crippen molar-refractivity contribution in [2.75, 3.05) is 6.61 Å². The fraction of sp³-hybridized carbons (Fsp3) is 0.115. The van der Waals surface area contributed by atoms with Gasteiger partial charge in [0.05, 0.1) is 11.6 Å². The molecule has 1 aliphatic rings. The van der Waals surface area contributed by atoms with E-state index in [9.17, 15) is 14.7 Å².